The van der Waals surface area contributed by atoms with Gasteiger partial charge in [0, 0.05) is 12.2 Å². The number of alkyl halides is 1. The molecule has 4 heteroatoms. The van der Waals surface area contributed by atoms with Crippen molar-refractivity contribution in [1.29, 1.82) is 0 Å². The second kappa shape index (κ2) is 7.34. The van der Waals surface area contributed by atoms with Crippen LogP contribution < -0.4 is 0 Å². The summed E-state index contributed by atoms with van der Waals surface area (Å²) in [4.78, 5) is 13.6. The van der Waals surface area contributed by atoms with Crippen molar-refractivity contribution >= 4 is 27.5 Å². The molecule has 0 atom stereocenters. The average Bonchev–Trinajstić information content (AvgIpc) is 2.38. The third-order valence-corrected chi connectivity index (χ3v) is 3.01. The normalized spacial score (nSPS) is 10.0. The minimum Gasteiger partial charge on any atom is -0.395 e. The van der Waals surface area contributed by atoms with E-state index in [0.29, 0.717) is 6.54 Å². The van der Waals surface area contributed by atoms with E-state index in [1.807, 2.05) is 44.2 Å². The van der Waals surface area contributed by atoms with Crippen LogP contribution in [0, 0.1) is 0 Å². The van der Waals surface area contributed by atoms with Crippen LogP contribution in [0.15, 0.2) is 35.9 Å². The fourth-order valence-corrected chi connectivity index (χ4v) is 2.15. The molecule has 1 rings (SSSR count). The fraction of sp³-hybridized carbons (Fsp3) is 0.357. The molecule has 1 aromatic rings. The Hall–Kier alpha value is -1.13. The molecule has 0 saturated heterocycles. The van der Waals surface area contributed by atoms with Crippen molar-refractivity contribution < 1.29 is 9.90 Å². The van der Waals surface area contributed by atoms with Crippen molar-refractivity contribution in [1.82, 2.24) is 4.90 Å². The summed E-state index contributed by atoms with van der Waals surface area (Å²) >= 11 is 3.18. The van der Waals surface area contributed by atoms with Gasteiger partial charge in [-0.3, -0.25) is 4.79 Å². The zero-order valence-electron chi connectivity index (χ0n) is 10.7. The zero-order chi connectivity index (χ0) is 13.5. The van der Waals surface area contributed by atoms with Gasteiger partial charge < -0.3 is 10.0 Å². The molecule has 0 aliphatic rings. The maximum Gasteiger partial charge on any atom is 0.237 e. The third-order valence-electron chi connectivity index (χ3n) is 2.53. The number of hydrogen-bond donors (Lipinski definition) is 1. The van der Waals surface area contributed by atoms with Crippen LogP contribution in [0.1, 0.15) is 19.4 Å². The molecule has 0 fully saturated rings. The first-order valence-electron chi connectivity index (χ1n) is 5.82. The summed E-state index contributed by atoms with van der Waals surface area (Å²) in [6.45, 7) is 4.19. The molecule has 0 radical (unpaired) electrons. The molecule has 18 heavy (non-hydrogen) atoms. The van der Waals surface area contributed by atoms with Gasteiger partial charge in [0.15, 0.2) is 0 Å². The third kappa shape index (κ3) is 3.68. The van der Waals surface area contributed by atoms with E-state index in [2.05, 4.69) is 15.9 Å². The first kappa shape index (κ1) is 14.9. The van der Waals surface area contributed by atoms with Crippen LogP contribution in [0.25, 0.3) is 5.70 Å². The maximum absolute atomic E-state index is 12.0. The number of carbonyl (C=O) groups excluding carboxylic acids is 1. The molecule has 0 saturated carbocycles. The molecule has 1 aromatic carbocycles. The lowest BCUT2D eigenvalue weighted by Gasteiger charge is -2.26. The topological polar surface area (TPSA) is 40.5 Å². The molecule has 0 bridgehead atoms. The molecule has 3 nitrogen and oxygen atoms in total. The standard InChI is InChI=1S/C14H18BrNO2/c1-11(2)14(12-6-4-3-5-7-12)16(8-9-17)13(18)10-15/h3-7,17H,8-10H2,1-2H3. The summed E-state index contributed by atoms with van der Waals surface area (Å²) in [5.41, 5.74) is 2.90. The van der Waals surface area contributed by atoms with Gasteiger partial charge in [-0.15, -0.1) is 0 Å². The lowest BCUT2D eigenvalue weighted by atomic mass is 10.1. The molecule has 0 aliphatic carbocycles. The molecule has 1 amide bonds. The summed E-state index contributed by atoms with van der Waals surface area (Å²) < 4.78 is 0. The predicted octanol–water partition coefficient (Wildman–Crippen LogP) is 2.65. The quantitative estimate of drug-likeness (QED) is 0.849. The highest BCUT2D eigenvalue weighted by atomic mass is 79.9. The van der Waals surface area contributed by atoms with Gasteiger partial charge in [0.2, 0.25) is 5.91 Å². The number of benzene rings is 1. The lowest BCUT2D eigenvalue weighted by molar-refractivity contribution is -0.125. The molecule has 0 unspecified atom stereocenters. The lowest BCUT2D eigenvalue weighted by Crippen LogP contribution is -2.33. The van der Waals surface area contributed by atoms with E-state index in [0.717, 1.165) is 16.8 Å². The smallest absolute Gasteiger partial charge is 0.237 e. The summed E-state index contributed by atoms with van der Waals surface area (Å²) in [6, 6.07) is 9.75. The highest BCUT2D eigenvalue weighted by Crippen LogP contribution is 2.23. The Bertz CT molecular complexity index is 425. The summed E-state index contributed by atoms with van der Waals surface area (Å²) in [5, 5.41) is 9.37. The number of nitrogens with zero attached hydrogens (tertiary/aromatic N) is 1. The summed E-state index contributed by atoms with van der Waals surface area (Å²) in [6.07, 6.45) is 0. The van der Waals surface area contributed by atoms with E-state index in [1.165, 1.54) is 0 Å². The van der Waals surface area contributed by atoms with Crippen molar-refractivity contribution in [3.63, 3.8) is 0 Å². The molecule has 0 aromatic heterocycles. The second-order valence-corrected chi connectivity index (χ2v) is 4.68. The van der Waals surface area contributed by atoms with E-state index in [1.54, 1.807) is 4.90 Å². The number of allylic oxidation sites excluding steroid dienone is 1. The Balaban J connectivity index is 3.19. The number of hydrogen-bond acceptors (Lipinski definition) is 2. The Morgan fingerprint density at radius 3 is 2.33 bits per heavy atom. The number of aliphatic hydroxyl groups excluding tert-OH is 1. The molecule has 98 valence electrons. The van der Waals surface area contributed by atoms with Gasteiger partial charge in [-0.1, -0.05) is 51.8 Å². The van der Waals surface area contributed by atoms with Crippen molar-refractivity contribution in [3.05, 3.63) is 41.5 Å². The fourth-order valence-electron chi connectivity index (χ4n) is 1.84. The van der Waals surface area contributed by atoms with Crippen LogP contribution in [-0.4, -0.2) is 34.4 Å². The Kier molecular flexibility index (Phi) is 6.09. The molecular weight excluding hydrogens is 294 g/mol. The van der Waals surface area contributed by atoms with E-state index < -0.39 is 0 Å². The molecule has 0 heterocycles. The van der Waals surface area contributed by atoms with Crippen LogP contribution in [0.4, 0.5) is 0 Å². The number of carbonyl (C=O) groups is 1. The Labute approximate surface area is 116 Å². The molecule has 0 aliphatic heterocycles. The van der Waals surface area contributed by atoms with Crippen molar-refractivity contribution in [3.8, 4) is 0 Å². The minimum atomic E-state index is -0.0532. The minimum absolute atomic E-state index is 0.0518. The summed E-state index contributed by atoms with van der Waals surface area (Å²) in [7, 11) is 0. The van der Waals surface area contributed by atoms with Crippen molar-refractivity contribution in [2.75, 3.05) is 18.5 Å². The Morgan fingerprint density at radius 1 is 1.28 bits per heavy atom. The van der Waals surface area contributed by atoms with Gasteiger partial charge in [-0.25, -0.2) is 0 Å². The molecule has 1 N–H and O–H groups in total. The first-order chi connectivity index (χ1) is 8.61. The zero-order valence-corrected chi connectivity index (χ0v) is 12.3. The van der Waals surface area contributed by atoms with Gasteiger partial charge in [0.05, 0.1) is 11.9 Å². The van der Waals surface area contributed by atoms with Gasteiger partial charge in [0.1, 0.15) is 0 Å². The number of halogens is 1. The van der Waals surface area contributed by atoms with E-state index in [9.17, 15) is 4.79 Å². The van der Waals surface area contributed by atoms with Gasteiger partial charge in [-0.2, -0.15) is 0 Å². The number of aliphatic hydroxyl groups is 1. The van der Waals surface area contributed by atoms with Crippen LogP contribution in [0.3, 0.4) is 0 Å². The Morgan fingerprint density at radius 2 is 1.89 bits per heavy atom. The highest BCUT2D eigenvalue weighted by molar-refractivity contribution is 9.09. The summed E-state index contributed by atoms with van der Waals surface area (Å²) in [5.74, 6) is -0.0518. The van der Waals surface area contributed by atoms with Crippen LogP contribution >= 0.6 is 15.9 Å². The predicted molar refractivity (Wildman–Crippen MR) is 77.3 cm³/mol. The number of amides is 1. The van der Waals surface area contributed by atoms with Crippen molar-refractivity contribution in [2.24, 2.45) is 0 Å². The average molecular weight is 312 g/mol. The van der Waals surface area contributed by atoms with Crippen LogP contribution in [-0.2, 0) is 4.79 Å². The maximum atomic E-state index is 12.0. The van der Waals surface area contributed by atoms with Crippen LogP contribution in [0.5, 0.6) is 0 Å². The van der Waals surface area contributed by atoms with E-state index in [4.69, 9.17) is 5.11 Å². The SMILES string of the molecule is CC(C)=C(c1ccccc1)N(CCO)C(=O)CBr. The van der Waals surface area contributed by atoms with Gasteiger partial charge in [0.25, 0.3) is 0 Å². The highest BCUT2D eigenvalue weighted by Gasteiger charge is 2.18. The van der Waals surface area contributed by atoms with Crippen molar-refractivity contribution in [2.45, 2.75) is 13.8 Å². The van der Waals surface area contributed by atoms with E-state index in [-0.39, 0.29) is 17.8 Å². The first-order valence-corrected chi connectivity index (χ1v) is 6.94. The largest absolute Gasteiger partial charge is 0.395 e. The molecule has 0 spiro atoms. The second-order valence-electron chi connectivity index (χ2n) is 4.12. The molecular formula is C14H18BrNO2. The van der Waals surface area contributed by atoms with E-state index >= 15 is 0 Å². The van der Waals surface area contributed by atoms with Gasteiger partial charge >= 0.3 is 0 Å². The van der Waals surface area contributed by atoms with Crippen LogP contribution in [0.2, 0.25) is 0 Å². The van der Waals surface area contributed by atoms with Gasteiger partial charge in [-0.05, 0) is 19.4 Å². The number of rotatable bonds is 5. The monoisotopic (exact) mass is 311 g/mol.